The van der Waals surface area contributed by atoms with Crippen LogP contribution in [0.3, 0.4) is 0 Å². The van der Waals surface area contributed by atoms with E-state index in [1.54, 1.807) is 21.4 Å². The Morgan fingerprint density at radius 1 is 1.03 bits per heavy atom. The molecule has 0 aliphatic rings. The van der Waals surface area contributed by atoms with Gasteiger partial charge in [-0.25, -0.2) is 0 Å². The number of hydrogen-bond donors (Lipinski definition) is 1. The highest BCUT2D eigenvalue weighted by molar-refractivity contribution is 5.76. The van der Waals surface area contributed by atoms with Gasteiger partial charge < -0.3 is 5.32 Å². The molecule has 0 fully saturated rings. The molecule has 1 amide bonds. The molecular formula is C24H25N5O2. The molecular weight excluding hydrogens is 390 g/mol. The summed E-state index contributed by atoms with van der Waals surface area (Å²) in [5.74, 6) is 0.513. The van der Waals surface area contributed by atoms with E-state index in [0.717, 1.165) is 22.4 Å². The molecule has 0 saturated heterocycles. The Morgan fingerprint density at radius 3 is 2.45 bits per heavy atom. The van der Waals surface area contributed by atoms with E-state index in [0.29, 0.717) is 12.2 Å². The molecule has 0 radical (unpaired) electrons. The van der Waals surface area contributed by atoms with E-state index in [1.165, 1.54) is 0 Å². The summed E-state index contributed by atoms with van der Waals surface area (Å²) >= 11 is 0. The van der Waals surface area contributed by atoms with E-state index in [2.05, 4.69) is 21.6 Å². The topological polar surface area (TPSA) is 81.3 Å². The summed E-state index contributed by atoms with van der Waals surface area (Å²) in [5.41, 5.74) is 4.02. The van der Waals surface area contributed by atoms with E-state index in [1.807, 2.05) is 63.2 Å². The van der Waals surface area contributed by atoms with Crippen molar-refractivity contribution >= 4 is 11.6 Å². The molecule has 4 rings (SSSR count). The van der Waals surface area contributed by atoms with Crippen LogP contribution < -0.4 is 10.9 Å². The maximum Gasteiger partial charge on any atom is 0.300 e. The van der Waals surface area contributed by atoms with Gasteiger partial charge in [-0.15, -0.1) is 10.2 Å². The van der Waals surface area contributed by atoms with Gasteiger partial charge in [0.2, 0.25) is 11.6 Å². The minimum Gasteiger partial charge on any atom is -0.350 e. The summed E-state index contributed by atoms with van der Waals surface area (Å²) in [6.07, 6.45) is 4.14. The normalized spacial score (nSPS) is 12.1. The van der Waals surface area contributed by atoms with Crippen molar-refractivity contribution in [3.8, 4) is 5.69 Å². The highest BCUT2D eigenvalue weighted by Gasteiger charge is 2.14. The Balaban J connectivity index is 1.50. The van der Waals surface area contributed by atoms with Crippen LogP contribution in [0, 0.1) is 13.8 Å². The van der Waals surface area contributed by atoms with Crippen molar-refractivity contribution in [2.75, 3.05) is 0 Å². The lowest BCUT2D eigenvalue weighted by molar-refractivity contribution is -0.121. The van der Waals surface area contributed by atoms with E-state index < -0.39 is 0 Å². The summed E-state index contributed by atoms with van der Waals surface area (Å²) in [4.78, 5) is 25.4. The van der Waals surface area contributed by atoms with Crippen LogP contribution in [0.2, 0.25) is 0 Å². The summed E-state index contributed by atoms with van der Waals surface area (Å²) in [6.45, 7) is 5.95. The van der Waals surface area contributed by atoms with Crippen molar-refractivity contribution in [2.45, 2.75) is 39.7 Å². The highest BCUT2D eigenvalue weighted by atomic mass is 16.1. The fourth-order valence-electron chi connectivity index (χ4n) is 3.76. The first kappa shape index (κ1) is 20.5. The lowest BCUT2D eigenvalue weighted by Crippen LogP contribution is -2.27. The lowest BCUT2D eigenvalue weighted by Gasteiger charge is -2.14. The molecule has 0 aliphatic carbocycles. The summed E-state index contributed by atoms with van der Waals surface area (Å²) < 4.78 is 3.23. The molecule has 0 aliphatic heterocycles. The van der Waals surface area contributed by atoms with Crippen LogP contribution in [0.25, 0.3) is 11.3 Å². The first-order valence-corrected chi connectivity index (χ1v) is 10.3. The number of nitrogens with one attached hydrogen (secondary N) is 1. The molecule has 7 heteroatoms. The molecule has 1 atom stereocenters. The van der Waals surface area contributed by atoms with Gasteiger partial charge in [-0.1, -0.05) is 36.4 Å². The molecule has 2 heterocycles. The van der Waals surface area contributed by atoms with Crippen LogP contribution in [0.1, 0.15) is 41.9 Å². The van der Waals surface area contributed by atoms with E-state index in [-0.39, 0.29) is 29.6 Å². The van der Waals surface area contributed by atoms with Crippen LogP contribution in [0.15, 0.2) is 65.7 Å². The minimum absolute atomic E-state index is 0.0725. The molecule has 0 spiro atoms. The highest BCUT2D eigenvalue weighted by Crippen LogP contribution is 2.14. The fraction of sp³-hybridized carbons (Fsp3) is 0.250. The van der Waals surface area contributed by atoms with Crippen LogP contribution in [-0.4, -0.2) is 25.1 Å². The second-order valence-corrected chi connectivity index (χ2v) is 7.83. The molecule has 1 unspecified atom stereocenters. The van der Waals surface area contributed by atoms with Crippen molar-refractivity contribution in [1.82, 2.24) is 24.5 Å². The molecule has 158 valence electrons. The molecule has 0 saturated carbocycles. The van der Waals surface area contributed by atoms with Crippen molar-refractivity contribution in [2.24, 2.45) is 0 Å². The molecule has 31 heavy (non-hydrogen) atoms. The van der Waals surface area contributed by atoms with Gasteiger partial charge in [-0.2, -0.15) is 0 Å². The number of carbonyl (C=O) groups is 1. The van der Waals surface area contributed by atoms with Crippen LogP contribution in [0.5, 0.6) is 0 Å². The average molecular weight is 415 g/mol. The Bertz CT molecular complexity index is 1270. The first-order valence-electron chi connectivity index (χ1n) is 10.3. The van der Waals surface area contributed by atoms with E-state index in [4.69, 9.17) is 0 Å². The minimum atomic E-state index is -0.242. The fourth-order valence-corrected chi connectivity index (χ4v) is 3.76. The third-order valence-electron chi connectivity index (χ3n) is 5.28. The summed E-state index contributed by atoms with van der Waals surface area (Å²) in [6, 6.07) is 15.7. The van der Waals surface area contributed by atoms with Gasteiger partial charge in [0.25, 0.3) is 0 Å². The molecule has 2 aromatic heterocycles. The van der Waals surface area contributed by atoms with Gasteiger partial charge in [0.15, 0.2) is 0 Å². The average Bonchev–Trinajstić information content (AvgIpc) is 3.16. The van der Waals surface area contributed by atoms with Crippen molar-refractivity contribution in [1.29, 1.82) is 0 Å². The number of nitrogens with zero attached hydrogens (tertiary/aromatic N) is 4. The number of aryl methyl sites for hydroxylation is 3. The first-order chi connectivity index (χ1) is 14.9. The predicted octanol–water partition coefficient (Wildman–Crippen LogP) is 3.31. The number of aromatic nitrogens is 4. The number of fused-ring (bicyclic) bond motifs is 1. The predicted molar refractivity (Wildman–Crippen MR) is 119 cm³/mol. The molecule has 4 aromatic rings. The maximum absolute atomic E-state index is 13.0. The second-order valence-electron chi connectivity index (χ2n) is 7.83. The Labute approximate surface area is 180 Å². The number of benzene rings is 2. The van der Waals surface area contributed by atoms with Gasteiger partial charge in [0, 0.05) is 30.9 Å². The van der Waals surface area contributed by atoms with E-state index in [9.17, 15) is 9.59 Å². The van der Waals surface area contributed by atoms with Crippen LogP contribution >= 0.6 is 0 Å². The van der Waals surface area contributed by atoms with Gasteiger partial charge in [0.05, 0.1) is 6.04 Å². The zero-order chi connectivity index (χ0) is 22.0. The number of hydrogen-bond acceptors (Lipinski definition) is 4. The summed E-state index contributed by atoms with van der Waals surface area (Å²) in [5, 5.41) is 11.2. The van der Waals surface area contributed by atoms with Crippen LogP contribution in [-0.2, 0) is 11.2 Å². The van der Waals surface area contributed by atoms with Crippen molar-refractivity contribution < 1.29 is 4.79 Å². The molecule has 2 aromatic carbocycles. The van der Waals surface area contributed by atoms with Gasteiger partial charge in [0.1, 0.15) is 5.82 Å². The third-order valence-corrected chi connectivity index (χ3v) is 5.28. The Kier molecular flexibility index (Phi) is 5.66. The molecule has 1 N–H and O–H groups in total. The van der Waals surface area contributed by atoms with Gasteiger partial charge >= 0.3 is 5.56 Å². The SMILES string of the molecule is Cc1cc(C)cc(-n2ccn3c(CCC(=O)NC(C)c4ccccc4)nnc3c2=O)c1. The quantitative estimate of drug-likeness (QED) is 0.524. The molecule has 7 nitrogen and oxygen atoms in total. The zero-order valence-corrected chi connectivity index (χ0v) is 17.9. The Morgan fingerprint density at radius 2 is 1.74 bits per heavy atom. The number of amides is 1. The van der Waals surface area contributed by atoms with E-state index >= 15 is 0 Å². The molecule has 0 bridgehead atoms. The smallest absolute Gasteiger partial charge is 0.300 e. The standard InChI is InChI=1S/C24H25N5O2/c1-16-13-17(2)15-20(14-16)28-11-12-29-21(26-27-23(29)24(28)31)9-10-22(30)25-18(3)19-7-5-4-6-8-19/h4-8,11-15,18H,9-10H2,1-3H3,(H,25,30). The number of carbonyl (C=O) groups excluding carboxylic acids is 1. The van der Waals surface area contributed by atoms with Gasteiger partial charge in [-0.05, 0) is 49.6 Å². The monoisotopic (exact) mass is 415 g/mol. The Hall–Kier alpha value is -3.74. The second kappa shape index (κ2) is 8.55. The van der Waals surface area contributed by atoms with Crippen molar-refractivity contribution in [3.05, 3.63) is 93.8 Å². The maximum atomic E-state index is 13.0. The zero-order valence-electron chi connectivity index (χ0n) is 17.9. The third kappa shape index (κ3) is 4.40. The summed E-state index contributed by atoms with van der Waals surface area (Å²) in [7, 11) is 0. The number of rotatable bonds is 6. The van der Waals surface area contributed by atoms with Crippen molar-refractivity contribution in [3.63, 3.8) is 0 Å². The largest absolute Gasteiger partial charge is 0.350 e. The van der Waals surface area contributed by atoms with Gasteiger partial charge in [-0.3, -0.25) is 18.6 Å². The van der Waals surface area contributed by atoms with Crippen LogP contribution in [0.4, 0.5) is 0 Å². The lowest BCUT2D eigenvalue weighted by atomic mass is 10.1.